The van der Waals surface area contributed by atoms with Crippen LogP contribution in [0.25, 0.3) is 0 Å². The van der Waals surface area contributed by atoms with Gasteiger partial charge in [-0.3, -0.25) is 4.98 Å². The zero-order valence-electron chi connectivity index (χ0n) is 16.1. The van der Waals surface area contributed by atoms with Gasteiger partial charge in [0.2, 0.25) is 0 Å². The lowest BCUT2D eigenvalue weighted by Gasteiger charge is -2.46. The number of rotatable bonds is 6. The molecule has 1 saturated carbocycles. The largest absolute Gasteiger partial charge is 0.375 e. The minimum absolute atomic E-state index is 0.114. The SMILES string of the molecule is Clc1cccc(CCCC[C@@]2(c3ccccn3)CCOC3(CCCC3)C2)c1. The summed E-state index contributed by atoms with van der Waals surface area (Å²) in [5, 5.41) is 0.838. The van der Waals surface area contributed by atoms with Crippen molar-refractivity contribution in [3.8, 4) is 0 Å². The molecule has 2 nitrogen and oxygen atoms in total. The Hall–Kier alpha value is -1.38. The van der Waals surface area contributed by atoms with Crippen LogP contribution in [0.1, 0.15) is 69.0 Å². The molecule has 2 aromatic rings. The van der Waals surface area contributed by atoms with Crippen LogP contribution in [0.4, 0.5) is 0 Å². The Labute approximate surface area is 168 Å². The molecule has 0 unspecified atom stereocenters. The summed E-state index contributed by atoms with van der Waals surface area (Å²) >= 11 is 6.13. The molecule has 0 bridgehead atoms. The number of nitrogens with zero attached hydrogens (tertiary/aromatic N) is 1. The van der Waals surface area contributed by atoms with E-state index in [0.29, 0.717) is 0 Å². The number of pyridine rings is 1. The second kappa shape index (κ2) is 8.32. The van der Waals surface area contributed by atoms with Crippen molar-refractivity contribution in [3.63, 3.8) is 0 Å². The molecule has 1 saturated heterocycles. The molecule has 1 aromatic carbocycles. The Kier molecular flexibility index (Phi) is 5.85. The van der Waals surface area contributed by atoms with Crippen molar-refractivity contribution in [1.29, 1.82) is 0 Å². The molecular weight excluding hydrogens is 354 g/mol. The summed E-state index contributed by atoms with van der Waals surface area (Å²) in [5.74, 6) is 0. The van der Waals surface area contributed by atoms with Gasteiger partial charge in [0, 0.05) is 28.9 Å². The first-order valence-corrected chi connectivity index (χ1v) is 10.9. The Morgan fingerprint density at radius 3 is 2.67 bits per heavy atom. The van der Waals surface area contributed by atoms with Crippen LogP contribution in [0, 0.1) is 0 Å². The number of benzene rings is 1. The summed E-state index contributed by atoms with van der Waals surface area (Å²) in [5.41, 5.74) is 2.91. The standard InChI is InChI=1S/C24H30ClNO/c25-21-10-7-9-20(18-21)8-1-3-12-23(22-11-2-6-16-26-22)15-17-27-24(19-23)13-4-5-14-24/h2,6-7,9-11,16,18H,1,3-5,8,12-15,17,19H2/t23-/m1/s1. The molecule has 0 N–H and O–H groups in total. The van der Waals surface area contributed by atoms with E-state index in [9.17, 15) is 0 Å². The van der Waals surface area contributed by atoms with E-state index in [1.54, 1.807) is 0 Å². The number of hydrogen-bond donors (Lipinski definition) is 0. The molecule has 2 heterocycles. The van der Waals surface area contributed by atoms with Gasteiger partial charge in [-0.1, -0.05) is 49.1 Å². The fourth-order valence-electron chi connectivity index (χ4n) is 5.28. The van der Waals surface area contributed by atoms with E-state index in [0.717, 1.165) is 30.9 Å². The number of ether oxygens (including phenoxy) is 1. The minimum Gasteiger partial charge on any atom is -0.375 e. The molecule has 1 spiro atoms. The molecular formula is C24H30ClNO. The first-order valence-electron chi connectivity index (χ1n) is 10.5. The smallest absolute Gasteiger partial charge is 0.0691 e. The Morgan fingerprint density at radius 1 is 1.00 bits per heavy atom. The predicted molar refractivity (Wildman–Crippen MR) is 111 cm³/mol. The van der Waals surface area contributed by atoms with Crippen molar-refractivity contribution in [2.24, 2.45) is 0 Å². The zero-order valence-corrected chi connectivity index (χ0v) is 16.9. The molecule has 3 heteroatoms. The van der Waals surface area contributed by atoms with Crippen LogP contribution < -0.4 is 0 Å². The number of aryl methyl sites for hydroxylation is 1. The van der Waals surface area contributed by atoms with Crippen molar-refractivity contribution in [2.45, 2.75) is 75.2 Å². The number of halogens is 1. The lowest BCUT2D eigenvalue weighted by Crippen LogP contribution is -2.46. The molecule has 27 heavy (non-hydrogen) atoms. The van der Waals surface area contributed by atoms with E-state index in [-0.39, 0.29) is 11.0 Å². The molecule has 4 rings (SSSR count). The van der Waals surface area contributed by atoms with Gasteiger partial charge in [0.1, 0.15) is 0 Å². The van der Waals surface area contributed by atoms with Crippen LogP contribution in [0.5, 0.6) is 0 Å². The van der Waals surface area contributed by atoms with E-state index in [4.69, 9.17) is 21.3 Å². The molecule has 0 amide bonds. The fraction of sp³-hybridized carbons (Fsp3) is 0.542. The van der Waals surface area contributed by atoms with Gasteiger partial charge in [-0.05, 0) is 74.8 Å². The average molecular weight is 384 g/mol. The summed E-state index contributed by atoms with van der Waals surface area (Å²) in [4.78, 5) is 4.80. The van der Waals surface area contributed by atoms with Crippen LogP contribution in [-0.2, 0) is 16.6 Å². The Balaban J connectivity index is 1.45. The first-order chi connectivity index (χ1) is 13.2. The van der Waals surface area contributed by atoms with Gasteiger partial charge in [-0.15, -0.1) is 0 Å². The Morgan fingerprint density at radius 2 is 1.89 bits per heavy atom. The van der Waals surface area contributed by atoms with Crippen molar-refractivity contribution < 1.29 is 4.74 Å². The molecule has 2 aliphatic rings. The van der Waals surface area contributed by atoms with Gasteiger partial charge in [-0.2, -0.15) is 0 Å². The van der Waals surface area contributed by atoms with Crippen molar-refractivity contribution >= 4 is 11.6 Å². The lowest BCUT2D eigenvalue weighted by molar-refractivity contribution is -0.104. The summed E-state index contributed by atoms with van der Waals surface area (Å²) in [6, 6.07) is 14.7. The molecule has 144 valence electrons. The lowest BCUT2D eigenvalue weighted by atomic mass is 9.67. The van der Waals surface area contributed by atoms with Gasteiger partial charge >= 0.3 is 0 Å². The number of aromatic nitrogens is 1. The highest BCUT2D eigenvalue weighted by Crippen LogP contribution is 2.50. The van der Waals surface area contributed by atoms with Gasteiger partial charge in [0.05, 0.1) is 5.60 Å². The van der Waals surface area contributed by atoms with E-state index >= 15 is 0 Å². The van der Waals surface area contributed by atoms with E-state index in [1.807, 2.05) is 18.3 Å². The normalized spacial score (nSPS) is 24.3. The third-order valence-electron chi connectivity index (χ3n) is 6.63. The van der Waals surface area contributed by atoms with Crippen LogP contribution in [0.2, 0.25) is 5.02 Å². The predicted octanol–water partition coefficient (Wildman–Crippen LogP) is 6.51. The third-order valence-corrected chi connectivity index (χ3v) is 6.87. The van der Waals surface area contributed by atoms with Crippen molar-refractivity contribution in [1.82, 2.24) is 4.98 Å². The third kappa shape index (κ3) is 4.38. The monoisotopic (exact) mass is 383 g/mol. The highest BCUT2D eigenvalue weighted by molar-refractivity contribution is 6.30. The van der Waals surface area contributed by atoms with E-state index < -0.39 is 0 Å². The van der Waals surface area contributed by atoms with Gasteiger partial charge < -0.3 is 4.74 Å². The summed E-state index contributed by atoms with van der Waals surface area (Å²) in [6.07, 6.45) is 14.0. The van der Waals surface area contributed by atoms with Crippen molar-refractivity contribution in [2.75, 3.05) is 6.61 Å². The fourth-order valence-corrected chi connectivity index (χ4v) is 5.49. The molecule has 1 aliphatic carbocycles. The van der Waals surface area contributed by atoms with Crippen LogP contribution in [-0.4, -0.2) is 17.2 Å². The van der Waals surface area contributed by atoms with Crippen molar-refractivity contribution in [3.05, 3.63) is 64.9 Å². The second-order valence-electron chi connectivity index (χ2n) is 8.50. The first kappa shape index (κ1) is 19.0. The maximum Gasteiger partial charge on any atom is 0.0691 e. The molecule has 1 aliphatic heterocycles. The van der Waals surface area contributed by atoms with Gasteiger partial charge in [0.15, 0.2) is 0 Å². The number of unbranched alkanes of at least 4 members (excludes halogenated alkanes) is 1. The van der Waals surface area contributed by atoms with Crippen LogP contribution in [0.3, 0.4) is 0 Å². The highest BCUT2D eigenvalue weighted by Gasteiger charge is 2.48. The van der Waals surface area contributed by atoms with Crippen LogP contribution in [0.15, 0.2) is 48.7 Å². The zero-order chi connectivity index (χ0) is 18.6. The van der Waals surface area contributed by atoms with E-state index in [2.05, 4.69) is 30.3 Å². The summed E-state index contributed by atoms with van der Waals surface area (Å²) < 4.78 is 6.35. The van der Waals surface area contributed by atoms with Gasteiger partial charge in [0.25, 0.3) is 0 Å². The molecule has 1 atom stereocenters. The Bertz CT molecular complexity index is 741. The summed E-state index contributed by atoms with van der Waals surface area (Å²) in [6.45, 7) is 0.880. The minimum atomic E-state index is 0.114. The molecule has 1 aromatic heterocycles. The topological polar surface area (TPSA) is 22.1 Å². The molecule has 0 radical (unpaired) electrons. The maximum atomic E-state index is 6.35. The maximum absolute atomic E-state index is 6.35. The second-order valence-corrected chi connectivity index (χ2v) is 8.93. The quantitative estimate of drug-likeness (QED) is 0.530. The highest BCUT2D eigenvalue weighted by atomic mass is 35.5. The summed E-state index contributed by atoms with van der Waals surface area (Å²) in [7, 11) is 0. The van der Waals surface area contributed by atoms with Gasteiger partial charge in [-0.25, -0.2) is 0 Å². The molecule has 2 fully saturated rings. The van der Waals surface area contributed by atoms with Crippen LogP contribution >= 0.6 is 11.6 Å². The number of hydrogen-bond acceptors (Lipinski definition) is 2. The average Bonchev–Trinajstić information content (AvgIpc) is 3.13. The van der Waals surface area contributed by atoms with E-state index in [1.165, 1.54) is 56.2 Å².